The molecule has 0 aliphatic rings. The largest absolute Gasteiger partial charge is 0.487 e. The lowest BCUT2D eigenvalue weighted by Gasteiger charge is -2.06. The molecule has 0 atom stereocenters. The summed E-state index contributed by atoms with van der Waals surface area (Å²) >= 11 is 0. The fraction of sp³-hybridized carbons (Fsp3) is 0.217. The number of allylic oxidation sites excluding steroid dienone is 1. The van der Waals surface area contributed by atoms with Gasteiger partial charge in [-0.1, -0.05) is 36.4 Å². The van der Waals surface area contributed by atoms with Crippen molar-refractivity contribution in [3.05, 3.63) is 83.8 Å². The Balaban J connectivity index is 1.58. The van der Waals surface area contributed by atoms with Crippen LogP contribution in [0.25, 0.3) is 11.5 Å². The van der Waals surface area contributed by atoms with Crippen LogP contribution in [0.5, 0.6) is 5.75 Å². The minimum Gasteiger partial charge on any atom is -0.487 e. The van der Waals surface area contributed by atoms with E-state index in [0.29, 0.717) is 12.5 Å². The monoisotopic (exact) mass is 377 g/mol. The third-order valence-corrected chi connectivity index (χ3v) is 4.24. The molecule has 0 aliphatic heterocycles. The summed E-state index contributed by atoms with van der Waals surface area (Å²) in [6.07, 6.45) is 4.81. The second kappa shape index (κ2) is 9.55. The maximum atomic E-state index is 11.1. The molecule has 28 heavy (non-hydrogen) atoms. The van der Waals surface area contributed by atoms with Crippen LogP contribution in [0.4, 0.5) is 0 Å². The first-order chi connectivity index (χ1) is 13.7. The van der Waals surface area contributed by atoms with Crippen molar-refractivity contribution in [3.8, 4) is 17.2 Å². The number of nitrogens with zero attached hydrogens (tertiary/aromatic N) is 1. The van der Waals surface area contributed by atoms with Crippen molar-refractivity contribution in [2.24, 2.45) is 0 Å². The fourth-order valence-corrected chi connectivity index (χ4v) is 2.71. The summed E-state index contributed by atoms with van der Waals surface area (Å²) < 4.78 is 16.3. The van der Waals surface area contributed by atoms with Gasteiger partial charge in [0.15, 0.2) is 0 Å². The Morgan fingerprint density at radius 2 is 1.96 bits per heavy atom. The van der Waals surface area contributed by atoms with Crippen LogP contribution in [-0.2, 0) is 22.6 Å². The molecule has 3 aromatic rings. The van der Waals surface area contributed by atoms with E-state index in [-0.39, 0.29) is 5.97 Å². The average molecular weight is 377 g/mol. The van der Waals surface area contributed by atoms with Crippen molar-refractivity contribution in [3.63, 3.8) is 0 Å². The van der Waals surface area contributed by atoms with E-state index in [1.807, 2.05) is 67.6 Å². The van der Waals surface area contributed by atoms with Gasteiger partial charge in [0.2, 0.25) is 5.89 Å². The first kappa shape index (κ1) is 19.4. The quantitative estimate of drug-likeness (QED) is 0.413. The lowest BCUT2D eigenvalue weighted by molar-refractivity contribution is -0.134. The molecular formula is C23H23NO4. The van der Waals surface area contributed by atoms with Crippen molar-refractivity contribution in [2.45, 2.75) is 26.4 Å². The lowest BCUT2D eigenvalue weighted by atomic mass is 10.1. The number of carbonyl (C=O) groups is 1. The highest BCUT2D eigenvalue weighted by atomic mass is 16.5. The molecule has 0 radical (unpaired) electrons. The van der Waals surface area contributed by atoms with Gasteiger partial charge in [-0.15, -0.1) is 0 Å². The fourth-order valence-electron chi connectivity index (χ4n) is 2.71. The van der Waals surface area contributed by atoms with Crippen molar-refractivity contribution < 1.29 is 18.7 Å². The molecule has 0 saturated heterocycles. The Morgan fingerprint density at radius 1 is 1.14 bits per heavy atom. The summed E-state index contributed by atoms with van der Waals surface area (Å²) in [7, 11) is 1.37. The molecule has 0 spiro atoms. The minimum atomic E-state index is -0.338. The van der Waals surface area contributed by atoms with Crippen molar-refractivity contribution in [1.29, 1.82) is 0 Å². The molecule has 2 aromatic carbocycles. The zero-order valence-electron chi connectivity index (χ0n) is 16.1. The highest BCUT2D eigenvalue weighted by Crippen LogP contribution is 2.23. The smallest absolute Gasteiger partial charge is 0.330 e. The van der Waals surface area contributed by atoms with Crippen LogP contribution in [0, 0.1) is 6.92 Å². The van der Waals surface area contributed by atoms with Gasteiger partial charge >= 0.3 is 5.97 Å². The predicted octanol–water partition coefficient (Wildman–Crippen LogP) is 4.89. The topological polar surface area (TPSA) is 61.6 Å². The molecule has 144 valence electrons. The predicted molar refractivity (Wildman–Crippen MR) is 107 cm³/mol. The average Bonchev–Trinajstić information content (AvgIpc) is 3.11. The first-order valence-corrected chi connectivity index (χ1v) is 9.13. The number of benzene rings is 2. The number of esters is 1. The summed E-state index contributed by atoms with van der Waals surface area (Å²) in [5.74, 6) is 1.79. The van der Waals surface area contributed by atoms with Gasteiger partial charge in [0.05, 0.1) is 7.11 Å². The Bertz CT molecular complexity index is 944. The van der Waals surface area contributed by atoms with E-state index in [9.17, 15) is 4.79 Å². The number of ether oxygens (including phenoxy) is 2. The second-order valence-corrected chi connectivity index (χ2v) is 6.29. The number of aryl methyl sites for hydroxylation is 2. The van der Waals surface area contributed by atoms with Crippen molar-refractivity contribution >= 4 is 5.97 Å². The Labute approximate surface area is 164 Å². The number of oxazole rings is 1. The zero-order chi connectivity index (χ0) is 19.8. The Morgan fingerprint density at radius 3 is 2.75 bits per heavy atom. The molecule has 0 bridgehead atoms. The highest BCUT2D eigenvalue weighted by molar-refractivity contribution is 5.81. The van der Waals surface area contributed by atoms with E-state index in [2.05, 4.69) is 9.72 Å². The van der Waals surface area contributed by atoms with Crippen LogP contribution in [0.3, 0.4) is 0 Å². The first-order valence-electron chi connectivity index (χ1n) is 9.13. The second-order valence-electron chi connectivity index (χ2n) is 6.29. The minimum absolute atomic E-state index is 0.338. The summed E-state index contributed by atoms with van der Waals surface area (Å²) in [6.45, 7) is 2.23. The number of rotatable bonds is 8. The van der Waals surface area contributed by atoms with Crippen molar-refractivity contribution in [1.82, 2.24) is 4.98 Å². The maximum Gasteiger partial charge on any atom is 0.330 e. The number of methoxy groups -OCH3 is 1. The molecule has 0 aliphatic carbocycles. The molecule has 0 unspecified atom stereocenters. The van der Waals surface area contributed by atoms with Gasteiger partial charge in [-0.2, -0.15) is 0 Å². The molecule has 5 heteroatoms. The number of hydrogen-bond acceptors (Lipinski definition) is 5. The van der Waals surface area contributed by atoms with E-state index >= 15 is 0 Å². The van der Waals surface area contributed by atoms with Crippen LogP contribution >= 0.6 is 0 Å². The number of hydrogen-bond donors (Lipinski definition) is 0. The summed E-state index contributed by atoms with van der Waals surface area (Å²) in [5.41, 5.74) is 2.86. The molecule has 0 fully saturated rings. The van der Waals surface area contributed by atoms with E-state index < -0.39 is 0 Å². The van der Waals surface area contributed by atoms with Crippen LogP contribution < -0.4 is 4.74 Å². The Hall–Kier alpha value is -3.34. The highest BCUT2D eigenvalue weighted by Gasteiger charge is 2.11. The van der Waals surface area contributed by atoms with Gasteiger partial charge in [-0.3, -0.25) is 0 Å². The summed E-state index contributed by atoms with van der Waals surface area (Å²) in [6, 6.07) is 17.7. The molecule has 0 N–H and O–H groups in total. The van der Waals surface area contributed by atoms with E-state index in [0.717, 1.165) is 41.2 Å². The van der Waals surface area contributed by atoms with Crippen LogP contribution in [0.1, 0.15) is 23.4 Å². The molecule has 0 amide bonds. The molecule has 1 aromatic heterocycles. The molecule has 5 nitrogen and oxygen atoms in total. The summed E-state index contributed by atoms with van der Waals surface area (Å²) in [4.78, 5) is 15.6. The van der Waals surface area contributed by atoms with E-state index in [4.69, 9.17) is 9.15 Å². The number of carbonyl (C=O) groups excluding carboxylic acids is 1. The van der Waals surface area contributed by atoms with Gasteiger partial charge in [0.25, 0.3) is 0 Å². The third kappa shape index (κ3) is 5.33. The maximum absolute atomic E-state index is 11.1. The number of aromatic nitrogens is 1. The lowest BCUT2D eigenvalue weighted by Crippen LogP contribution is -1.98. The Kier molecular flexibility index (Phi) is 6.63. The zero-order valence-corrected chi connectivity index (χ0v) is 16.1. The SMILES string of the molecule is COC(=O)/C=C/CCc1cccc(OCc2nc(-c3ccccc3)oc2C)c1. The normalized spacial score (nSPS) is 10.9. The van der Waals surface area contributed by atoms with Crippen LogP contribution in [0.2, 0.25) is 0 Å². The van der Waals surface area contributed by atoms with Gasteiger partial charge in [0, 0.05) is 11.6 Å². The van der Waals surface area contributed by atoms with E-state index in [1.165, 1.54) is 13.2 Å². The van der Waals surface area contributed by atoms with Gasteiger partial charge < -0.3 is 13.9 Å². The van der Waals surface area contributed by atoms with Crippen LogP contribution in [-0.4, -0.2) is 18.1 Å². The van der Waals surface area contributed by atoms with Gasteiger partial charge in [0.1, 0.15) is 23.8 Å². The van der Waals surface area contributed by atoms with Crippen molar-refractivity contribution in [2.75, 3.05) is 7.11 Å². The molecule has 3 rings (SSSR count). The molecule has 1 heterocycles. The van der Waals surface area contributed by atoms with Gasteiger partial charge in [-0.05, 0) is 49.6 Å². The third-order valence-electron chi connectivity index (χ3n) is 4.24. The summed E-state index contributed by atoms with van der Waals surface area (Å²) in [5, 5.41) is 0. The standard InChI is InChI=1S/C23H23NO4/c1-17-21(24-23(28-17)19-11-4-3-5-12-19)16-27-20-13-8-10-18(15-20)9-6-7-14-22(25)26-2/h3-5,7-8,10-15H,6,9,16H2,1-2H3/b14-7+. The van der Waals surface area contributed by atoms with Crippen LogP contribution in [0.15, 0.2) is 71.2 Å². The molecular weight excluding hydrogens is 354 g/mol. The van der Waals surface area contributed by atoms with E-state index in [1.54, 1.807) is 0 Å². The van der Waals surface area contributed by atoms with Gasteiger partial charge in [-0.25, -0.2) is 9.78 Å². The molecule has 0 saturated carbocycles.